The zero-order valence-electron chi connectivity index (χ0n) is 26.8. The highest BCUT2D eigenvalue weighted by molar-refractivity contribution is 5.96. The van der Waals surface area contributed by atoms with Crippen molar-refractivity contribution in [1.29, 1.82) is 0 Å². The first-order valence-electron chi connectivity index (χ1n) is 16.1. The summed E-state index contributed by atoms with van der Waals surface area (Å²) in [6, 6.07) is 40.7. The molecule has 0 saturated heterocycles. The van der Waals surface area contributed by atoms with Gasteiger partial charge in [0.05, 0.1) is 17.6 Å². The summed E-state index contributed by atoms with van der Waals surface area (Å²) < 4.78 is 6.04. The highest BCUT2D eigenvalue weighted by Crippen LogP contribution is 2.35. The molecular weight excluding hydrogens is 624 g/mol. The van der Waals surface area contributed by atoms with Gasteiger partial charge in [-0.2, -0.15) is 0 Å². The van der Waals surface area contributed by atoms with E-state index in [2.05, 4.69) is 15.6 Å². The second-order valence-corrected chi connectivity index (χ2v) is 11.6. The van der Waals surface area contributed by atoms with Crippen LogP contribution in [0.25, 0.3) is 22.3 Å². The van der Waals surface area contributed by atoms with Gasteiger partial charge in [-0.3, -0.25) is 14.6 Å². The highest BCUT2D eigenvalue weighted by Gasteiger charge is 2.22. The minimum Gasteiger partial charge on any atom is -0.483 e. The summed E-state index contributed by atoms with van der Waals surface area (Å²) in [6.07, 6.45) is 1.86. The number of hydrogen-bond acceptors (Lipinski definition) is 7. The minimum absolute atomic E-state index is 0. The van der Waals surface area contributed by atoms with Crippen molar-refractivity contribution in [2.24, 2.45) is 4.99 Å². The number of para-hydroxylation sites is 2. The molecule has 2 amide bonds. The van der Waals surface area contributed by atoms with E-state index >= 15 is 0 Å². The predicted octanol–water partition coefficient (Wildman–Crippen LogP) is 7.02. The molecule has 0 aliphatic carbocycles. The van der Waals surface area contributed by atoms with Crippen LogP contribution in [0.1, 0.15) is 29.7 Å². The zero-order valence-corrected chi connectivity index (χ0v) is 26.8. The number of aromatic nitrogens is 2. The molecule has 0 fully saturated rings. The Labute approximate surface area is 291 Å². The van der Waals surface area contributed by atoms with E-state index in [1.807, 2.05) is 132 Å². The molecule has 1 aliphatic rings. The third-order valence-electron chi connectivity index (χ3n) is 8.23. The van der Waals surface area contributed by atoms with Crippen LogP contribution in [0.2, 0.25) is 0 Å². The number of benzene rings is 5. The number of carbonyl (C=O) groups excluding carboxylic acids is 2. The lowest BCUT2D eigenvalue weighted by atomic mass is 10.1. The molecule has 9 heteroatoms. The Morgan fingerprint density at radius 3 is 2.14 bits per heavy atom. The number of nitrogens with zero attached hydrogens (tertiary/aromatic N) is 4. The second kappa shape index (κ2) is 15.7. The molecule has 1 aliphatic heterocycles. The van der Waals surface area contributed by atoms with Gasteiger partial charge >= 0.3 is 0 Å². The van der Waals surface area contributed by atoms with E-state index in [0.717, 1.165) is 33.3 Å². The smallest absolute Gasteiger partial charge is 0.258 e. The van der Waals surface area contributed by atoms with Gasteiger partial charge in [-0.05, 0) is 58.7 Å². The molecule has 5 aromatic carbocycles. The standard InChI is InChI=1S/C40H34N6O3.CH4/c47-37(42-22-28-11-3-1-4-12-28)26-46(32-20-19-30-24-41-25-31(30)21-32)40-33-15-7-9-17-35(33)44-39(45-40)34-16-8-10-18-36(34)49-27-38(48)43-23-29-13-5-2-6-14-29;/h1-21,25H,22-24,26-27H2,(H,42,47)(H,43,48);1H4. The van der Waals surface area contributed by atoms with Crippen LogP contribution in [-0.2, 0) is 29.2 Å². The number of anilines is 2. The summed E-state index contributed by atoms with van der Waals surface area (Å²) in [6.45, 7) is 1.29. The third-order valence-corrected chi connectivity index (χ3v) is 8.23. The molecule has 50 heavy (non-hydrogen) atoms. The molecule has 2 heterocycles. The maximum absolute atomic E-state index is 13.6. The molecule has 0 unspecified atom stereocenters. The van der Waals surface area contributed by atoms with Crippen LogP contribution >= 0.6 is 0 Å². The fourth-order valence-corrected chi connectivity index (χ4v) is 5.70. The molecule has 7 rings (SSSR count). The largest absolute Gasteiger partial charge is 0.483 e. The molecule has 1 aromatic heterocycles. The fourth-order valence-electron chi connectivity index (χ4n) is 5.70. The molecule has 0 spiro atoms. The Morgan fingerprint density at radius 2 is 1.38 bits per heavy atom. The van der Waals surface area contributed by atoms with E-state index in [4.69, 9.17) is 14.7 Å². The molecule has 2 N–H and O–H groups in total. The van der Waals surface area contributed by atoms with Crippen molar-refractivity contribution < 1.29 is 14.3 Å². The summed E-state index contributed by atoms with van der Waals surface area (Å²) in [5.41, 5.74) is 6.28. The van der Waals surface area contributed by atoms with Crippen LogP contribution in [0.5, 0.6) is 5.75 Å². The lowest BCUT2D eigenvalue weighted by Gasteiger charge is -2.26. The number of fused-ring (bicyclic) bond motifs is 2. The van der Waals surface area contributed by atoms with Crippen LogP contribution in [0.4, 0.5) is 11.5 Å². The first-order chi connectivity index (χ1) is 24.1. The van der Waals surface area contributed by atoms with Crippen molar-refractivity contribution in [3.05, 3.63) is 150 Å². The summed E-state index contributed by atoms with van der Waals surface area (Å²) in [5.74, 6) is 1.05. The van der Waals surface area contributed by atoms with Crippen molar-refractivity contribution in [3.63, 3.8) is 0 Å². The molecule has 0 atom stereocenters. The Morgan fingerprint density at radius 1 is 0.720 bits per heavy atom. The van der Waals surface area contributed by atoms with E-state index in [0.29, 0.717) is 48.1 Å². The van der Waals surface area contributed by atoms with Crippen LogP contribution in [-0.4, -0.2) is 41.1 Å². The first kappa shape index (κ1) is 33.5. The SMILES string of the molecule is C.O=C(COc1ccccc1-c1nc(N(CC(=O)NCc2ccccc2)c2ccc3c(c2)C=NC3)c2ccccc2n1)NCc1ccccc1. The van der Waals surface area contributed by atoms with Crippen molar-refractivity contribution >= 4 is 40.4 Å². The van der Waals surface area contributed by atoms with Gasteiger partial charge < -0.3 is 20.3 Å². The van der Waals surface area contributed by atoms with Gasteiger partial charge in [0.15, 0.2) is 12.4 Å². The summed E-state index contributed by atoms with van der Waals surface area (Å²) in [7, 11) is 0. The number of ether oxygens (including phenoxy) is 1. The van der Waals surface area contributed by atoms with Gasteiger partial charge in [0.1, 0.15) is 18.1 Å². The quantitative estimate of drug-likeness (QED) is 0.146. The lowest BCUT2D eigenvalue weighted by Crippen LogP contribution is -2.35. The number of rotatable bonds is 12. The van der Waals surface area contributed by atoms with Crippen molar-refractivity contribution in [1.82, 2.24) is 20.6 Å². The van der Waals surface area contributed by atoms with E-state index in [1.165, 1.54) is 0 Å². The third kappa shape index (κ3) is 7.85. The van der Waals surface area contributed by atoms with Crippen molar-refractivity contribution in [3.8, 4) is 17.1 Å². The Balaban J connectivity index is 0.00000432. The molecule has 0 saturated carbocycles. The van der Waals surface area contributed by atoms with Gasteiger partial charge in [0, 0.05) is 30.4 Å². The van der Waals surface area contributed by atoms with Gasteiger partial charge in [0.2, 0.25) is 5.91 Å². The molecule has 0 radical (unpaired) electrons. The van der Waals surface area contributed by atoms with E-state index in [1.54, 1.807) is 6.07 Å². The summed E-state index contributed by atoms with van der Waals surface area (Å²) in [4.78, 5) is 42.6. The molecule has 9 nitrogen and oxygen atoms in total. The number of hydrogen-bond donors (Lipinski definition) is 2. The Kier molecular flexibility index (Phi) is 10.5. The molecular formula is C41H38N6O3. The lowest BCUT2D eigenvalue weighted by molar-refractivity contribution is -0.123. The Hall–Kier alpha value is -6.35. The average molecular weight is 663 g/mol. The fraction of sp³-hybridized carbons (Fsp3) is 0.146. The van der Waals surface area contributed by atoms with Crippen LogP contribution in [0, 0.1) is 0 Å². The molecule has 6 aromatic rings. The number of aliphatic imine (C=N–C) groups is 1. The topological polar surface area (TPSA) is 109 Å². The van der Waals surface area contributed by atoms with Crippen LogP contribution in [0.3, 0.4) is 0 Å². The van der Waals surface area contributed by atoms with Crippen molar-refractivity contribution in [2.45, 2.75) is 27.1 Å². The predicted molar refractivity (Wildman–Crippen MR) is 199 cm³/mol. The summed E-state index contributed by atoms with van der Waals surface area (Å²) >= 11 is 0. The molecule has 250 valence electrons. The van der Waals surface area contributed by atoms with E-state index < -0.39 is 0 Å². The zero-order chi connectivity index (χ0) is 33.4. The number of carbonyl (C=O) groups is 2. The normalized spacial score (nSPS) is 11.4. The Bertz CT molecular complexity index is 2140. The summed E-state index contributed by atoms with van der Waals surface area (Å²) in [5, 5.41) is 6.75. The van der Waals surface area contributed by atoms with Gasteiger partial charge in [-0.25, -0.2) is 9.97 Å². The molecule has 0 bridgehead atoms. The van der Waals surface area contributed by atoms with Crippen LogP contribution < -0.4 is 20.3 Å². The van der Waals surface area contributed by atoms with Crippen molar-refractivity contribution in [2.75, 3.05) is 18.1 Å². The highest BCUT2D eigenvalue weighted by atomic mass is 16.5. The van der Waals surface area contributed by atoms with Crippen LogP contribution in [0.15, 0.2) is 132 Å². The number of amides is 2. The maximum Gasteiger partial charge on any atom is 0.258 e. The van der Waals surface area contributed by atoms with E-state index in [9.17, 15) is 9.59 Å². The second-order valence-electron chi connectivity index (χ2n) is 11.6. The maximum atomic E-state index is 13.6. The average Bonchev–Trinajstić information content (AvgIpc) is 3.63. The van der Waals surface area contributed by atoms with E-state index in [-0.39, 0.29) is 32.4 Å². The van der Waals surface area contributed by atoms with Gasteiger partial charge in [0.25, 0.3) is 5.91 Å². The number of nitrogens with one attached hydrogen (secondary N) is 2. The monoisotopic (exact) mass is 662 g/mol. The van der Waals surface area contributed by atoms with Gasteiger partial charge in [-0.15, -0.1) is 0 Å². The van der Waals surface area contributed by atoms with Gasteiger partial charge in [-0.1, -0.05) is 98.4 Å². The first-order valence-corrected chi connectivity index (χ1v) is 16.1. The minimum atomic E-state index is -0.244.